The first kappa shape index (κ1) is 29.0. The Kier molecular flexibility index (Phi) is 9.54. The summed E-state index contributed by atoms with van der Waals surface area (Å²) in [5.41, 5.74) is 0.530. The third-order valence-corrected chi connectivity index (χ3v) is 5.19. The molecule has 2 aromatic rings. The number of methoxy groups -OCH3 is 1. The normalized spacial score (nSPS) is 22.2. The van der Waals surface area contributed by atoms with Gasteiger partial charge in [0.2, 0.25) is 12.4 Å². The Morgan fingerprint density at radius 1 is 0.846 bits per heavy atom. The Bertz CT molecular complexity index is 1210. The van der Waals surface area contributed by atoms with Gasteiger partial charge in [-0.1, -0.05) is 5.21 Å². The molecule has 0 N–H and O–H groups in total. The van der Waals surface area contributed by atoms with E-state index in [1.54, 1.807) is 12.1 Å². The van der Waals surface area contributed by atoms with Crippen LogP contribution in [0.2, 0.25) is 0 Å². The van der Waals surface area contributed by atoms with E-state index in [2.05, 4.69) is 15.0 Å². The number of benzene rings is 1. The standard InChI is InChI=1S/C24H27N3O12/c1-12(28)34-11-19-20(35-13(2)29)21(36-14(3)30)22(37-15(4)31)24(39-19)38-17-8-6-16(7-9-17)27-10-18(25-26-27)23(32)33-5/h6-10,19-22,24H,11H2,1-5H3/t19-,20-,21+,22+,24+/m1/s1. The molecule has 1 aromatic carbocycles. The zero-order valence-corrected chi connectivity index (χ0v) is 21.7. The fraction of sp³-hybridized carbons (Fsp3) is 0.458. The van der Waals surface area contributed by atoms with E-state index in [1.165, 1.54) is 37.0 Å². The number of carbonyl (C=O) groups is 5. The molecule has 0 amide bonds. The maximum absolute atomic E-state index is 11.9. The van der Waals surface area contributed by atoms with E-state index in [4.69, 9.17) is 28.4 Å². The lowest BCUT2D eigenvalue weighted by Gasteiger charge is -2.43. The van der Waals surface area contributed by atoms with Crippen molar-refractivity contribution >= 4 is 29.8 Å². The average Bonchev–Trinajstić information content (AvgIpc) is 3.36. The van der Waals surface area contributed by atoms with Crippen LogP contribution >= 0.6 is 0 Å². The fourth-order valence-corrected chi connectivity index (χ4v) is 3.68. The molecule has 0 aliphatic carbocycles. The zero-order chi connectivity index (χ0) is 28.7. The molecular weight excluding hydrogens is 522 g/mol. The molecule has 0 spiro atoms. The van der Waals surface area contributed by atoms with Gasteiger partial charge in [-0.15, -0.1) is 5.10 Å². The van der Waals surface area contributed by atoms with E-state index in [0.29, 0.717) is 5.69 Å². The molecule has 1 aromatic heterocycles. The Morgan fingerprint density at radius 3 is 2.00 bits per heavy atom. The van der Waals surface area contributed by atoms with Crippen molar-refractivity contribution in [3.05, 3.63) is 36.2 Å². The summed E-state index contributed by atoms with van der Waals surface area (Å²) >= 11 is 0. The lowest BCUT2D eigenvalue weighted by molar-refractivity contribution is -0.288. The van der Waals surface area contributed by atoms with Crippen LogP contribution in [0.15, 0.2) is 30.5 Å². The zero-order valence-electron chi connectivity index (χ0n) is 21.7. The maximum Gasteiger partial charge on any atom is 0.360 e. The van der Waals surface area contributed by atoms with Crippen LogP contribution in [0.25, 0.3) is 5.69 Å². The monoisotopic (exact) mass is 549 g/mol. The molecule has 1 aliphatic rings. The first-order valence-electron chi connectivity index (χ1n) is 11.6. The summed E-state index contributed by atoms with van der Waals surface area (Å²) in [6.07, 6.45) is -5.18. The number of aromatic nitrogens is 3. The van der Waals surface area contributed by atoms with E-state index < -0.39 is 60.6 Å². The highest BCUT2D eigenvalue weighted by atomic mass is 16.7. The van der Waals surface area contributed by atoms with Gasteiger partial charge in [-0.3, -0.25) is 19.2 Å². The van der Waals surface area contributed by atoms with Gasteiger partial charge in [-0.25, -0.2) is 9.48 Å². The molecular formula is C24H27N3O12. The van der Waals surface area contributed by atoms with Crippen LogP contribution in [0.4, 0.5) is 0 Å². The molecule has 0 radical (unpaired) electrons. The van der Waals surface area contributed by atoms with Gasteiger partial charge in [0.05, 0.1) is 19.0 Å². The van der Waals surface area contributed by atoms with Crippen molar-refractivity contribution in [2.24, 2.45) is 0 Å². The van der Waals surface area contributed by atoms with Crippen LogP contribution in [0.5, 0.6) is 5.75 Å². The molecule has 0 bridgehead atoms. The Labute approximate surface area is 222 Å². The van der Waals surface area contributed by atoms with Crippen LogP contribution < -0.4 is 4.74 Å². The van der Waals surface area contributed by atoms with Crippen molar-refractivity contribution in [2.45, 2.75) is 58.4 Å². The smallest absolute Gasteiger partial charge is 0.360 e. The minimum atomic E-state index is -1.38. The van der Waals surface area contributed by atoms with Crippen molar-refractivity contribution in [2.75, 3.05) is 13.7 Å². The molecule has 3 rings (SSSR count). The van der Waals surface area contributed by atoms with Crippen LogP contribution in [0.1, 0.15) is 38.2 Å². The molecule has 15 heteroatoms. The number of ether oxygens (including phenoxy) is 7. The van der Waals surface area contributed by atoms with Gasteiger partial charge in [-0.05, 0) is 24.3 Å². The Hall–Kier alpha value is -4.53. The Morgan fingerprint density at radius 2 is 1.44 bits per heavy atom. The summed E-state index contributed by atoms with van der Waals surface area (Å²) in [6.45, 7) is 4.17. The molecule has 1 saturated heterocycles. The van der Waals surface area contributed by atoms with Gasteiger partial charge < -0.3 is 33.2 Å². The van der Waals surface area contributed by atoms with Gasteiger partial charge in [-0.2, -0.15) is 0 Å². The molecule has 0 saturated carbocycles. The molecule has 15 nitrogen and oxygen atoms in total. The van der Waals surface area contributed by atoms with Crippen molar-refractivity contribution in [1.29, 1.82) is 0 Å². The van der Waals surface area contributed by atoms with E-state index in [0.717, 1.165) is 20.8 Å². The molecule has 5 atom stereocenters. The number of hydrogen-bond donors (Lipinski definition) is 0. The summed E-state index contributed by atoms with van der Waals surface area (Å²) in [5.74, 6) is -3.31. The SMILES string of the molecule is COC(=O)c1cn(-c2ccc(O[C@H]3O[C@H](COC(C)=O)[C@@H](OC(C)=O)[C@H](OC(C)=O)[C@@H]3OC(C)=O)cc2)nn1. The first-order valence-corrected chi connectivity index (χ1v) is 11.6. The Balaban J connectivity index is 1.90. The first-order chi connectivity index (χ1) is 18.5. The molecule has 2 heterocycles. The van der Waals surface area contributed by atoms with Crippen molar-refractivity contribution in [3.63, 3.8) is 0 Å². The van der Waals surface area contributed by atoms with Gasteiger partial charge in [0.15, 0.2) is 17.9 Å². The number of hydrogen-bond acceptors (Lipinski definition) is 14. The lowest BCUT2D eigenvalue weighted by atomic mass is 9.98. The van der Waals surface area contributed by atoms with Crippen molar-refractivity contribution in [1.82, 2.24) is 15.0 Å². The summed E-state index contributed by atoms with van der Waals surface area (Å²) in [5, 5.41) is 7.61. The van der Waals surface area contributed by atoms with Gasteiger partial charge in [0.25, 0.3) is 0 Å². The quantitative estimate of drug-likeness (QED) is 0.312. The fourth-order valence-electron chi connectivity index (χ4n) is 3.68. The van der Waals surface area contributed by atoms with Crippen molar-refractivity contribution < 1.29 is 57.1 Å². The molecule has 0 unspecified atom stereocenters. The lowest BCUT2D eigenvalue weighted by Crippen LogP contribution is -2.63. The van der Waals surface area contributed by atoms with Crippen molar-refractivity contribution in [3.8, 4) is 11.4 Å². The highest BCUT2D eigenvalue weighted by molar-refractivity contribution is 5.86. The number of carbonyl (C=O) groups excluding carboxylic acids is 5. The predicted octanol–water partition coefficient (Wildman–Crippen LogP) is 0.516. The highest BCUT2D eigenvalue weighted by Gasteiger charge is 2.53. The van der Waals surface area contributed by atoms with Crippen LogP contribution in [0, 0.1) is 0 Å². The third-order valence-electron chi connectivity index (χ3n) is 5.19. The number of nitrogens with zero attached hydrogens (tertiary/aromatic N) is 3. The third kappa shape index (κ3) is 7.73. The molecule has 39 heavy (non-hydrogen) atoms. The van der Waals surface area contributed by atoms with Crippen LogP contribution in [-0.4, -0.2) is 89.3 Å². The van der Waals surface area contributed by atoms with E-state index in [1.807, 2.05) is 0 Å². The second-order valence-electron chi connectivity index (χ2n) is 8.22. The van der Waals surface area contributed by atoms with E-state index >= 15 is 0 Å². The minimum absolute atomic E-state index is 0.00956. The number of esters is 5. The van der Waals surface area contributed by atoms with Crippen LogP contribution in [0.3, 0.4) is 0 Å². The van der Waals surface area contributed by atoms with Gasteiger partial charge in [0, 0.05) is 27.7 Å². The highest BCUT2D eigenvalue weighted by Crippen LogP contribution is 2.31. The van der Waals surface area contributed by atoms with E-state index in [9.17, 15) is 24.0 Å². The number of rotatable bonds is 9. The van der Waals surface area contributed by atoms with E-state index in [-0.39, 0.29) is 18.1 Å². The van der Waals surface area contributed by atoms with Crippen LogP contribution in [-0.2, 0) is 47.6 Å². The minimum Gasteiger partial charge on any atom is -0.464 e. The summed E-state index contributed by atoms with van der Waals surface area (Å²) in [7, 11) is 1.22. The molecule has 210 valence electrons. The topological polar surface area (TPSA) is 181 Å². The predicted molar refractivity (Wildman–Crippen MR) is 125 cm³/mol. The van der Waals surface area contributed by atoms with Gasteiger partial charge >= 0.3 is 29.8 Å². The average molecular weight is 549 g/mol. The largest absolute Gasteiger partial charge is 0.464 e. The summed E-state index contributed by atoms with van der Waals surface area (Å²) < 4.78 is 38.9. The maximum atomic E-state index is 11.9. The second kappa shape index (κ2) is 12.8. The molecule has 1 fully saturated rings. The second-order valence-corrected chi connectivity index (χ2v) is 8.22. The molecule has 1 aliphatic heterocycles. The summed E-state index contributed by atoms with van der Waals surface area (Å²) in [4.78, 5) is 58.8. The van der Waals surface area contributed by atoms with Gasteiger partial charge in [0.1, 0.15) is 18.5 Å². The summed E-state index contributed by atoms with van der Waals surface area (Å²) in [6, 6.07) is 6.25.